The van der Waals surface area contributed by atoms with Crippen LogP contribution in [0.5, 0.6) is 0 Å². The molecular formula is C17H19Br2FO2. The fourth-order valence-corrected chi connectivity index (χ4v) is 2.80. The number of hydrogen-bond donors (Lipinski definition) is 0. The number of terminal acetylenes is 1. The molecule has 0 amide bonds. The van der Waals surface area contributed by atoms with E-state index >= 15 is 0 Å². The van der Waals surface area contributed by atoms with E-state index in [1.54, 1.807) is 18.2 Å². The molecule has 5 heteroatoms. The van der Waals surface area contributed by atoms with Gasteiger partial charge in [0.25, 0.3) is 0 Å². The predicted molar refractivity (Wildman–Crippen MR) is 93.7 cm³/mol. The van der Waals surface area contributed by atoms with Gasteiger partial charge in [-0.05, 0) is 54.2 Å². The Balaban J connectivity index is 2.77. The first-order valence-electron chi connectivity index (χ1n) is 6.96. The summed E-state index contributed by atoms with van der Waals surface area (Å²) in [6.07, 6.45) is 6.49. The molecule has 0 aromatic heterocycles. The van der Waals surface area contributed by atoms with Gasteiger partial charge in [-0.2, -0.15) is 0 Å². The Kier molecular flexibility index (Phi) is 7.75. The minimum atomic E-state index is -0.629. The zero-order chi connectivity index (χ0) is 16.8. The van der Waals surface area contributed by atoms with Crippen LogP contribution in [0.4, 0.5) is 4.39 Å². The van der Waals surface area contributed by atoms with Crippen LogP contribution >= 0.6 is 31.9 Å². The molecule has 22 heavy (non-hydrogen) atoms. The van der Waals surface area contributed by atoms with Gasteiger partial charge >= 0.3 is 0 Å². The van der Waals surface area contributed by atoms with Crippen LogP contribution in [0.3, 0.4) is 0 Å². The zero-order valence-electron chi connectivity index (χ0n) is 12.7. The van der Waals surface area contributed by atoms with Gasteiger partial charge in [0.2, 0.25) is 0 Å². The molecule has 1 aromatic carbocycles. The lowest BCUT2D eigenvalue weighted by atomic mass is 9.90. The molecule has 0 bridgehead atoms. The van der Waals surface area contributed by atoms with Crippen LogP contribution in [0, 0.1) is 18.2 Å². The van der Waals surface area contributed by atoms with E-state index in [1.165, 1.54) is 0 Å². The molecule has 0 spiro atoms. The molecule has 1 unspecified atom stereocenters. The van der Waals surface area contributed by atoms with Gasteiger partial charge in [-0.3, -0.25) is 4.79 Å². The number of ether oxygens (including phenoxy) is 1. The quantitative estimate of drug-likeness (QED) is 0.333. The Labute approximate surface area is 148 Å². The lowest BCUT2D eigenvalue weighted by Crippen LogP contribution is -2.23. The molecule has 0 saturated heterocycles. The van der Waals surface area contributed by atoms with Crippen molar-refractivity contribution in [1.29, 1.82) is 0 Å². The fourth-order valence-electron chi connectivity index (χ4n) is 2.03. The van der Waals surface area contributed by atoms with Gasteiger partial charge in [0.15, 0.2) is 5.78 Å². The van der Waals surface area contributed by atoms with Crippen LogP contribution in [0.25, 0.3) is 0 Å². The summed E-state index contributed by atoms with van der Waals surface area (Å²) < 4.78 is 20.2. The maximum atomic E-state index is 14.2. The van der Waals surface area contributed by atoms with Gasteiger partial charge in [0.1, 0.15) is 11.4 Å². The second-order valence-corrected chi connectivity index (χ2v) is 6.86. The molecule has 0 heterocycles. The van der Waals surface area contributed by atoms with Crippen molar-refractivity contribution in [3.05, 3.63) is 34.1 Å². The molecule has 2 nitrogen and oxygen atoms in total. The SMILES string of the molecule is C#CC(C)(C)OCCCC(C(=O)CBr)c1cccc(Br)c1F. The van der Waals surface area contributed by atoms with Gasteiger partial charge in [0, 0.05) is 12.5 Å². The normalized spacial score (nSPS) is 12.7. The molecule has 0 aliphatic carbocycles. The Morgan fingerprint density at radius 3 is 2.77 bits per heavy atom. The summed E-state index contributed by atoms with van der Waals surface area (Å²) in [5.74, 6) is 1.63. The van der Waals surface area contributed by atoms with E-state index in [9.17, 15) is 9.18 Å². The number of halogens is 3. The first kappa shape index (κ1) is 19.3. The van der Waals surface area contributed by atoms with Crippen molar-refractivity contribution in [3.63, 3.8) is 0 Å². The van der Waals surface area contributed by atoms with Crippen LogP contribution in [0.15, 0.2) is 22.7 Å². The van der Waals surface area contributed by atoms with Crippen molar-refractivity contribution in [1.82, 2.24) is 0 Å². The van der Waals surface area contributed by atoms with E-state index in [1.807, 2.05) is 13.8 Å². The Bertz CT molecular complexity index is 564. The molecule has 0 N–H and O–H groups in total. The number of Topliss-reactive ketones (excluding diaryl/α,β-unsaturated/α-hetero) is 1. The molecule has 1 rings (SSSR count). The average Bonchev–Trinajstić information content (AvgIpc) is 2.50. The minimum absolute atomic E-state index is 0.0480. The number of ketones is 1. The smallest absolute Gasteiger partial charge is 0.150 e. The molecule has 0 fully saturated rings. The maximum Gasteiger partial charge on any atom is 0.150 e. The number of benzene rings is 1. The van der Waals surface area contributed by atoms with Crippen LogP contribution in [-0.2, 0) is 9.53 Å². The standard InChI is InChI=1S/C17H19Br2FO2/c1-4-17(2,3)22-10-6-8-12(15(21)11-18)13-7-5-9-14(19)16(13)20/h1,5,7,9,12H,6,8,10-11H2,2-3H3. The highest BCUT2D eigenvalue weighted by Gasteiger charge is 2.24. The van der Waals surface area contributed by atoms with Crippen LogP contribution in [0.1, 0.15) is 38.2 Å². The van der Waals surface area contributed by atoms with E-state index in [4.69, 9.17) is 11.2 Å². The number of carbonyl (C=O) groups excluding carboxylic acids is 1. The predicted octanol–water partition coefficient (Wildman–Crippen LogP) is 4.84. The summed E-state index contributed by atoms with van der Waals surface area (Å²) in [5, 5.41) is 0.195. The zero-order valence-corrected chi connectivity index (χ0v) is 15.8. The monoisotopic (exact) mass is 432 g/mol. The lowest BCUT2D eigenvalue weighted by Gasteiger charge is -2.20. The minimum Gasteiger partial charge on any atom is -0.363 e. The summed E-state index contributed by atoms with van der Waals surface area (Å²) in [5.41, 5.74) is -0.217. The van der Waals surface area contributed by atoms with E-state index in [2.05, 4.69) is 37.8 Å². The molecule has 0 aliphatic rings. The molecule has 0 saturated carbocycles. The molecule has 0 aliphatic heterocycles. The molecule has 1 aromatic rings. The summed E-state index contributed by atoms with van der Waals surface area (Å²) >= 11 is 6.32. The second-order valence-electron chi connectivity index (χ2n) is 5.44. The number of carbonyl (C=O) groups is 1. The maximum absolute atomic E-state index is 14.2. The highest BCUT2D eigenvalue weighted by Crippen LogP contribution is 2.29. The van der Waals surface area contributed by atoms with Gasteiger partial charge in [-0.15, -0.1) is 6.42 Å². The van der Waals surface area contributed by atoms with E-state index in [0.29, 0.717) is 29.5 Å². The van der Waals surface area contributed by atoms with Crippen molar-refractivity contribution in [3.8, 4) is 12.3 Å². The number of hydrogen-bond acceptors (Lipinski definition) is 2. The van der Waals surface area contributed by atoms with Gasteiger partial charge in [-0.25, -0.2) is 4.39 Å². The topological polar surface area (TPSA) is 26.3 Å². The largest absolute Gasteiger partial charge is 0.363 e. The van der Waals surface area contributed by atoms with Crippen molar-refractivity contribution >= 4 is 37.6 Å². The van der Waals surface area contributed by atoms with Crippen LogP contribution in [-0.4, -0.2) is 23.3 Å². The van der Waals surface area contributed by atoms with Gasteiger partial charge < -0.3 is 4.74 Å². The first-order valence-corrected chi connectivity index (χ1v) is 8.88. The van der Waals surface area contributed by atoms with E-state index in [0.717, 1.165) is 0 Å². The van der Waals surface area contributed by atoms with Crippen LogP contribution < -0.4 is 0 Å². The van der Waals surface area contributed by atoms with E-state index in [-0.39, 0.29) is 16.9 Å². The molecule has 0 radical (unpaired) electrons. The average molecular weight is 434 g/mol. The summed E-state index contributed by atoms with van der Waals surface area (Å²) in [6.45, 7) is 4.04. The number of rotatable bonds is 8. The van der Waals surface area contributed by atoms with Gasteiger partial charge in [0.05, 0.1) is 9.80 Å². The molecule has 1 atom stereocenters. The number of alkyl halides is 1. The van der Waals surface area contributed by atoms with Crippen molar-refractivity contribution < 1.29 is 13.9 Å². The van der Waals surface area contributed by atoms with Crippen molar-refractivity contribution in [2.24, 2.45) is 0 Å². The second kappa shape index (κ2) is 8.81. The molecular weight excluding hydrogens is 415 g/mol. The van der Waals surface area contributed by atoms with Crippen molar-refractivity contribution in [2.45, 2.75) is 38.2 Å². The Morgan fingerprint density at radius 2 is 2.18 bits per heavy atom. The Morgan fingerprint density at radius 1 is 1.50 bits per heavy atom. The van der Waals surface area contributed by atoms with Gasteiger partial charge in [-0.1, -0.05) is 34.0 Å². The summed E-state index contributed by atoms with van der Waals surface area (Å²) in [4.78, 5) is 12.1. The highest BCUT2D eigenvalue weighted by molar-refractivity contribution is 9.10. The summed E-state index contributed by atoms with van der Waals surface area (Å²) in [7, 11) is 0. The van der Waals surface area contributed by atoms with Crippen LogP contribution in [0.2, 0.25) is 0 Å². The fraction of sp³-hybridized carbons (Fsp3) is 0.471. The van der Waals surface area contributed by atoms with E-state index < -0.39 is 11.5 Å². The lowest BCUT2D eigenvalue weighted by molar-refractivity contribution is -0.118. The summed E-state index contributed by atoms with van der Waals surface area (Å²) in [6, 6.07) is 5.00. The van der Waals surface area contributed by atoms with Crippen molar-refractivity contribution in [2.75, 3.05) is 11.9 Å². The Hall–Kier alpha value is -0.700. The third kappa shape index (κ3) is 5.49. The highest BCUT2D eigenvalue weighted by atomic mass is 79.9. The molecule has 120 valence electrons. The third-order valence-electron chi connectivity index (χ3n) is 3.32. The first-order chi connectivity index (χ1) is 10.3. The third-order valence-corrected chi connectivity index (χ3v) is 4.49.